The van der Waals surface area contributed by atoms with Gasteiger partial charge >= 0.3 is 0 Å². The maximum atomic E-state index is 2.33. The summed E-state index contributed by atoms with van der Waals surface area (Å²) in [5.41, 5.74) is 1.47. The molecule has 1 aromatic rings. The van der Waals surface area contributed by atoms with E-state index in [4.69, 9.17) is 0 Å². The van der Waals surface area contributed by atoms with E-state index in [9.17, 15) is 0 Å². The lowest BCUT2D eigenvalue weighted by Crippen LogP contribution is -2.32. The van der Waals surface area contributed by atoms with Crippen molar-refractivity contribution in [1.82, 2.24) is 0 Å². The molecular formula is C18H32N+. The van der Waals surface area contributed by atoms with Crippen molar-refractivity contribution in [3.8, 4) is 0 Å². The van der Waals surface area contributed by atoms with Crippen LogP contribution in [-0.4, -0.2) is 0 Å². The summed E-state index contributed by atoms with van der Waals surface area (Å²) in [6, 6.07) is 4.54. The largest absolute Gasteiger partial charge is 0.205 e. The van der Waals surface area contributed by atoms with Crippen LogP contribution >= 0.6 is 0 Å². The Bertz CT molecular complexity index is 302. The van der Waals surface area contributed by atoms with E-state index in [0.29, 0.717) is 0 Å². The second-order valence-corrected chi connectivity index (χ2v) is 5.67. The Morgan fingerprint density at radius 1 is 0.737 bits per heavy atom. The molecule has 0 aliphatic carbocycles. The Labute approximate surface area is 120 Å². The number of pyridine rings is 1. The van der Waals surface area contributed by atoms with Gasteiger partial charge in [0.25, 0.3) is 0 Å². The van der Waals surface area contributed by atoms with Gasteiger partial charge in [0.2, 0.25) is 0 Å². The quantitative estimate of drug-likeness (QED) is 0.387. The minimum Gasteiger partial charge on any atom is -0.205 e. The summed E-state index contributed by atoms with van der Waals surface area (Å²) in [6.07, 6.45) is 18.1. The number of hydrogen-bond acceptors (Lipinski definition) is 0. The molecule has 1 aromatic heterocycles. The zero-order valence-electron chi connectivity index (χ0n) is 13.0. The van der Waals surface area contributed by atoms with Crippen molar-refractivity contribution in [3.05, 3.63) is 30.1 Å². The number of rotatable bonds is 11. The fourth-order valence-electron chi connectivity index (χ4n) is 2.52. The molecule has 0 saturated heterocycles. The Hall–Kier alpha value is -0.850. The van der Waals surface area contributed by atoms with Crippen molar-refractivity contribution in [2.75, 3.05) is 0 Å². The van der Waals surface area contributed by atoms with Crippen molar-refractivity contribution >= 4 is 0 Å². The summed E-state index contributed by atoms with van der Waals surface area (Å²) < 4.78 is 2.33. The summed E-state index contributed by atoms with van der Waals surface area (Å²) in [5, 5.41) is 0. The van der Waals surface area contributed by atoms with Gasteiger partial charge in [-0.1, -0.05) is 58.8 Å². The molecule has 0 saturated carbocycles. The molecule has 0 fully saturated rings. The van der Waals surface area contributed by atoms with Gasteiger partial charge < -0.3 is 0 Å². The minimum absolute atomic E-state index is 1.18. The van der Waals surface area contributed by atoms with Crippen molar-refractivity contribution < 1.29 is 4.57 Å². The first-order valence-electron chi connectivity index (χ1n) is 8.34. The topological polar surface area (TPSA) is 3.88 Å². The van der Waals surface area contributed by atoms with Crippen molar-refractivity contribution in [2.45, 2.75) is 84.6 Å². The van der Waals surface area contributed by atoms with Gasteiger partial charge in [-0.05, 0) is 18.4 Å². The number of nitrogens with zero attached hydrogens (tertiary/aromatic N) is 1. The lowest BCUT2D eigenvalue weighted by Gasteiger charge is -2.01. The summed E-state index contributed by atoms with van der Waals surface area (Å²) in [6.45, 7) is 5.70. The van der Waals surface area contributed by atoms with Crippen molar-refractivity contribution in [2.24, 2.45) is 0 Å². The molecule has 0 amide bonds. The number of hydrogen-bond donors (Lipinski definition) is 0. The second kappa shape index (κ2) is 11.0. The van der Waals surface area contributed by atoms with Crippen LogP contribution in [0.4, 0.5) is 0 Å². The van der Waals surface area contributed by atoms with Crippen LogP contribution in [0.5, 0.6) is 0 Å². The highest BCUT2D eigenvalue weighted by Gasteiger charge is 2.00. The van der Waals surface area contributed by atoms with Crippen LogP contribution in [0.3, 0.4) is 0 Å². The third kappa shape index (κ3) is 8.02. The van der Waals surface area contributed by atoms with Gasteiger partial charge in [-0.15, -0.1) is 0 Å². The van der Waals surface area contributed by atoms with E-state index in [1.165, 1.54) is 76.3 Å². The van der Waals surface area contributed by atoms with Crippen LogP contribution in [0.25, 0.3) is 0 Å². The Morgan fingerprint density at radius 2 is 1.32 bits per heavy atom. The van der Waals surface area contributed by atoms with Crippen molar-refractivity contribution in [3.63, 3.8) is 0 Å². The fraction of sp³-hybridized carbons (Fsp3) is 0.722. The highest BCUT2D eigenvalue weighted by molar-refractivity contribution is 5.06. The predicted molar refractivity (Wildman–Crippen MR) is 83.2 cm³/mol. The van der Waals surface area contributed by atoms with Crippen LogP contribution in [-0.2, 0) is 13.0 Å². The summed E-state index contributed by atoms with van der Waals surface area (Å²) in [5.74, 6) is 0. The van der Waals surface area contributed by atoms with Gasteiger partial charge in [-0.3, -0.25) is 0 Å². The SMILES string of the molecule is CCCCCCCCCC[n+]1ccc(CCC)cc1. The zero-order valence-corrected chi connectivity index (χ0v) is 13.0. The smallest absolute Gasteiger partial charge is 0.169 e. The first-order valence-corrected chi connectivity index (χ1v) is 8.34. The molecule has 0 bridgehead atoms. The van der Waals surface area contributed by atoms with Gasteiger partial charge in [0.1, 0.15) is 6.54 Å². The Balaban J connectivity index is 2.02. The third-order valence-corrected chi connectivity index (χ3v) is 3.77. The highest BCUT2D eigenvalue weighted by Crippen LogP contribution is 2.08. The number of unbranched alkanes of at least 4 members (excludes halogenated alkanes) is 7. The predicted octanol–water partition coefficient (Wildman–Crippen LogP) is 5.07. The molecule has 0 unspecified atom stereocenters. The molecule has 0 aliphatic rings. The first kappa shape index (κ1) is 16.2. The van der Waals surface area contributed by atoms with Crippen LogP contribution in [0.2, 0.25) is 0 Å². The van der Waals surface area contributed by atoms with E-state index >= 15 is 0 Å². The fourth-order valence-corrected chi connectivity index (χ4v) is 2.52. The van der Waals surface area contributed by atoms with E-state index < -0.39 is 0 Å². The summed E-state index contributed by atoms with van der Waals surface area (Å²) in [7, 11) is 0. The van der Waals surface area contributed by atoms with Gasteiger partial charge in [-0.2, -0.15) is 0 Å². The van der Waals surface area contributed by atoms with Crippen LogP contribution in [0.1, 0.15) is 77.2 Å². The Kier molecular flexibility index (Phi) is 9.40. The lowest BCUT2D eigenvalue weighted by atomic mass is 10.1. The molecule has 1 nitrogen and oxygen atoms in total. The van der Waals surface area contributed by atoms with E-state index in [0.717, 1.165) is 0 Å². The van der Waals surface area contributed by atoms with E-state index in [2.05, 4.69) is 42.9 Å². The zero-order chi connectivity index (χ0) is 13.8. The molecule has 0 atom stereocenters. The lowest BCUT2D eigenvalue weighted by molar-refractivity contribution is -0.697. The number of aryl methyl sites for hydroxylation is 2. The molecule has 0 spiro atoms. The molecule has 1 heteroatoms. The Morgan fingerprint density at radius 3 is 1.89 bits per heavy atom. The third-order valence-electron chi connectivity index (χ3n) is 3.77. The monoisotopic (exact) mass is 262 g/mol. The molecule has 1 heterocycles. The van der Waals surface area contributed by atoms with Crippen molar-refractivity contribution in [1.29, 1.82) is 0 Å². The van der Waals surface area contributed by atoms with E-state index in [1.807, 2.05) is 0 Å². The van der Waals surface area contributed by atoms with Gasteiger partial charge in [-0.25, -0.2) is 4.57 Å². The normalized spacial score (nSPS) is 10.8. The molecule has 108 valence electrons. The maximum Gasteiger partial charge on any atom is 0.169 e. The summed E-state index contributed by atoms with van der Waals surface area (Å²) in [4.78, 5) is 0. The average Bonchev–Trinajstić information content (AvgIpc) is 2.44. The molecule has 0 radical (unpaired) electrons. The van der Waals surface area contributed by atoms with E-state index in [-0.39, 0.29) is 0 Å². The highest BCUT2D eigenvalue weighted by atomic mass is 14.9. The van der Waals surface area contributed by atoms with Gasteiger partial charge in [0, 0.05) is 18.6 Å². The van der Waals surface area contributed by atoms with Gasteiger partial charge in [0.05, 0.1) is 0 Å². The van der Waals surface area contributed by atoms with Crippen LogP contribution in [0.15, 0.2) is 24.5 Å². The standard InChI is InChI=1S/C18H32N/c1-3-5-6-7-8-9-10-11-15-19-16-13-18(12-4-2)14-17-19/h13-14,16-17H,3-12,15H2,1-2H3/q+1. The second-order valence-electron chi connectivity index (χ2n) is 5.67. The first-order chi connectivity index (χ1) is 9.36. The maximum absolute atomic E-state index is 2.33. The average molecular weight is 262 g/mol. The van der Waals surface area contributed by atoms with Crippen LogP contribution in [0, 0.1) is 0 Å². The molecule has 0 N–H and O–H groups in total. The molecule has 19 heavy (non-hydrogen) atoms. The van der Waals surface area contributed by atoms with Gasteiger partial charge in [0.15, 0.2) is 12.4 Å². The molecular weight excluding hydrogens is 230 g/mol. The number of aromatic nitrogens is 1. The molecule has 1 rings (SSSR count). The molecule has 0 aromatic carbocycles. The minimum atomic E-state index is 1.18. The van der Waals surface area contributed by atoms with E-state index in [1.54, 1.807) is 0 Å². The molecule has 0 aliphatic heterocycles. The summed E-state index contributed by atoms with van der Waals surface area (Å²) >= 11 is 0. The van der Waals surface area contributed by atoms with Crippen LogP contribution < -0.4 is 4.57 Å².